The van der Waals surface area contributed by atoms with Crippen molar-refractivity contribution in [3.63, 3.8) is 0 Å². The van der Waals surface area contributed by atoms with E-state index in [-0.39, 0.29) is 0 Å². The van der Waals surface area contributed by atoms with Crippen LogP contribution < -0.4 is 5.73 Å². The SMILES string of the molecule is NC1CCN(SO)CC1. The molecular formula is C5H12N2OS. The minimum Gasteiger partial charge on any atom is -0.328 e. The summed E-state index contributed by atoms with van der Waals surface area (Å²) in [4.78, 5) is 0. The highest BCUT2D eigenvalue weighted by molar-refractivity contribution is 7.91. The molecule has 1 aliphatic heterocycles. The van der Waals surface area contributed by atoms with Gasteiger partial charge in [-0.3, -0.25) is 0 Å². The van der Waals surface area contributed by atoms with Gasteiger partial charge in [0.15, 0.2) is 0 Å². The molecule has 0 atom stereocenters. The average Bonchev–Trinajstić information content (AvgIpc) is 1.90. The first-order valence-corrected chi connectivity index (χ1v) is 3.88. The molecule has 1 aliphatic rings. The van der Waals surface area contributed by atoms with E-state index in [0.29, 0.717) is 6.04 Å². The highest BCUT2D eigenvalue weighted by atomic mass is 32.2. The van der Waals surface area contributed by atoms with Gasteiger partial charge in [-0.2, -0.15) is 0 Å². The van der Waals surface area contributed by atoms with Crippen LogP contribution >= 0.6 is 12.2 Å². The van der Waals surface area contributed by atoms with Gasteiger partial charge in [-0.05, 0) is 12.8 Å². The largest absolute Gasteiger partial charge is 0.328 e. The van der Waals surface area contributed by atoms with E-state index in [0.717, 1.165) is 38.2 Å². The molecular weight excluding hydrogens is 136 g/mol. The van der Waals surface area contributed by atoms with Crippen molar-refractivity contribution in [2.45, 2.75) is 18.9 Å². The summed E-state index contributed by atoms with van der Waals surface area (Å²) >= 11 is 0.826. The third-order valence-corrected chi connectivity index (χ3v) is 2.21. The van der Waals surface area contributed by atoms with Crippen molar-refractivity contribution in [2.24, 2.45) is 5.73 Å². The van der Waals surface area contributed by atoms with Gasteiger partial charge in [-0.15, -0.1) is 0 Å². The van der Waals surface area contributed by atoms with Crippen LogP contribution in [0.5, 0.6) is 0 Å². The van der Waals surface area contributed by atoms with Crippen LogP contribution in [0.1, 0.15) is 12.8 Å². The van der Waals surface area contributed by atoms with Crippen molar-refractivity contribution < 1.29 is 4.55 Å². The van der Waals surface area contributed by atoms with Crippen LogP contribution in [0.25, 0.3) is 0 Å². The maximum atomic E-state index is 8.58. The van der Waals surface area contributed by atoms with Crippen molar-refractivity contribution in [3.05, 3.63) is 0 Å². The molecule has 54 valence electrons. The number of nitrogens with zero attached hydrogens (tertiary/aromatic N) is 1. The summed E-state index contributed by atoms with van der Waals surface area (Å²) in [5.74, 6) is 0. The van der Waals surface area contributed by atoms with Crippen LogP contribution in [0.2, 0.25) is 0 Å². The Hall–Kier alpha value is 0.230. The van der Waals surface area contributed by atoms with Crippen molar-refractivity contribution in [1.29, 1.82) is 0 Å². The molecule has 0 aliphatic carbocycles. The molecule has 0 radical (unpaired) electrons. The van der Waals surface area contributed by atoms with Gasteiger partial charge in [-0.1, -0.05) is 0 Å². The lowest BCUT2D eigenvalue weighted by atomic mass is 10.1. The minimum atomic E-state index is 0.355. The molecule has 0 spiro atoms. The maximum absolute atomic E-state index is 8.58. The van der Waals surface area contributed by atoms with Crippen LogP contribution in [-0.4, -0.2) is 28.0 Å². The number of piperidine rings is 1. The minimum absolute atomic E-state index is 0.355. The van der Waals surface area contributed by atoms with Crippen molar-refractivity contribution >= 4 is 12.2 Å². The monoisotopic (exact) mass is 148 g/mol. The molecule has 0 aromatic heterocycles. The Morgan fingerprint density at radius 1 is 1.44 bits per heavy atom. The van der Waals surface area contributed by atoms with Crippen LogP contribution in [0.15, 0.2) is 0 Å². The molecule has 4 heteroatoms. The Morgan fingerprint density at radius 3 is 2.44 bits per heavy atom. The molecule has 1 saturated heterocycles. The molecule has 3 nitrogen and oxygen atoms in total. The first-order chi connectivity index (χ1) is 4.33. The summed E-state index contributed by atoms with van der Waals surface area (Å²) < 4.78 is 10.5. The lowest BCUT2D eigenvalue weighted by Crippen LogP contribution is -2.35. The topological polar surface area (TPSA) is 49.5 Å². The second-order valence-electron chi connectivity index (χ2n) is 2.35. The van der Waals surface area contributed by atoms with E-state index in [1.54, 1.807) is 0 Å². The molecule has 3 N–H and O–H groups in total. The van der Waals surface area contributed by atoms with Gasteiger partial charge in [0.2, 0.25) is 0 Å². The van der Waals surface area contributed by atoms with Gasteiger partial charge in [0.05, 0.1) is 12.2 Å². The second-order valence-corrected chi connectivity index (χ2v) is 3.03. The lowest BCUT2D eigenvalue weighted by molar-refractivity contribution is 0.333. The van der Waals surface area contributed by atoms with Crippen molar-refractivity contribution in [3.8, 4) is 0 Å². The molecule has 0 bridgehead atoms. The zero-order chi connectivity index (χ0) is 6.69. The van der Waals surface area contributed by atoms with E-state index in [1.807, 2.05) is 4.31 Å². The van der Waals surface area contributed by atoms with Gasteiger partial charge in [0.1, 0.15) is 0 Å². The zero-order valence-electron chi connectivity index (χ0n) is 5.29. The average molecular weight is 148 g/mol. The Labute approximate surface area is 59.6 Å². The fraction of sp³-hybridized carbons (Fsp3) is 1.00. The molecule has 0 aromatic carbocycles. The number of nitrogens with two attached hydrogens (primary N) is 1. The normalized spacial score (nSPS) is 24.7. The van der Waals surface area contributed by atoms with Gasteiger partial charge in [0.25, 0.3) is 0 Å². The molecule has 0 saturated carbocycles. The maximum Gasteiger partial charge on any atom is 0.0790 e. The van der Waals surface area contributed by atoms with Crippen LogP contribution in [0.3, 0.4) is 0 Å². The number of hydrogen-bond donors (Lipinski definition) is 2. The van der Waals surface area contributed by atoms with Crippen LogP contribution in [0.4, 0.5) is 0 Å². The summed E-state index contributed by atoms with van der Waals surface area (Å²) in [5, 5.41) is 0. The van der Waals surface area contributed by atoms with Crippen LogP contribution in [-0.2, 0) is 0 Å². The quantitative estimate of drug-likeness (QED) is 0.421. The summed E-state index contributed by atoms with van der Waals surface area (Å²) in [5.41, 5.74) is 5.63. The van der Waals surface area contributed by atoms with Crippen molar-refractivity contribution in [1.82, 2.24) is 4.31 Å². The first-order valence-electron chi connectivity index (χ1n) is 3.15. The third-order valence-electron chi connectivity index (χ3n) is 1.61. The Balaban J connectivity index is 2.18. The Morgan fingerprint density at radius 2 is 2.00 bits per heavy atom. The second kappa shape index (κ2) is 3.41. The first kappa shape index (κ1) is 7.34. The van der Waals surface area contributed by atoms with E-state index >= 15 is 0 Å². The predicted molar refractivity (Wildman–Crippen MR) is 39.0 cm³/mol. The van der Waals surface area contributed by atoms with Crippen molar-refractivity contribution in [2.75, 3.05) is 13.1 Å². The fourth-order valence-corrected chi connectivity index (χ4v) is 1.33. The zero-order valence-corrected chi connectivity index (χ0v) is 6.10. The molecule has 1 heterocycles. The van der Waals surface area contributed by atoms with E-state index in [2.05, 4.69) is 0 Å². The summed E-state index contributed by atoms with van der Waals surface area (Å²) in [7, 11) is 0. The summed E-state index contributed by atoms with van der Waals surface area (Å²) in [6, 6.07) is 0.355. The molecule has 0 amide bonds. The van der Waals surface area contributed by atoms with Gasteiger partial charge < -0.3 is 10.3 Å². The van der Waals surface area contributed by atoms with Gasteiger partial charge in [-0.25, -0.2) is 4.31 Å². The smallest absolute Gasteiger partial charge is 0.0790 e. The number of rotatable bonds is 1. The summed E-state index contributed by atoms with van der Waals surface area (Å²) in [6.07, 6.45) is 2.02. The predicted octanol–water partition coefficient (Wildman–Crippen LogP) is 0.531. The van der Waals surface area contributed by atoms with E-state index in [4.69, 9.17) is 10.3 Å². The van der Waals surface area contributed by atoms with E-state index < -0.39 is 0 Å². The summed E-state index contributed by atoms with van der Waals surface area (Å²) in [6.45, 7) is 1.84. The lowest BCUT2D eigenvalue weighted by Gasteiger charge is -2.26. The standard InChI is InChI=1S/C5H12N2OS/c6-5-1-3-7(9-8)4-2-5/h5,8H,1-4,6H2. The number of hydrogen-bond acceptors (Lipinski definition) is 4. The van der Waals surface area contributed by atoms with E-state index in [1.165, 1.54) is 0 Å². The third kappa shape index (κ3) is 2.14. The molecule has 9 heavy (non-hydrogen) atoms. The van der Waals surface area contributed by atoms with E-state index in [9.17, 15) is 0 Å². The Bertz CT molecular complexity index is 83.0. The highest BCUT2D eigenvalue weighted by Gasteiger charge is 2.15. The highest BCUT2D eigenvalue weighted by Crippen LogP contribution is 2.13. The fourth-order valence-electron chi connectivity index (χ4n) is 0.957. The molecule has 1 fully saturated rings. The van der Waals surface area contributed by atoms with Gasteiger partial charge in [0, 0.05) is 19.1 Å². The molecule has 1 rings (SSSR count). The van der Waals surface area contributed by atoms with Crippen LogP contribution in [0, 0.1) is 0 Å². The Kier molecular flexibility index (Phi) is 2.78. The molecule has 0 unspecified atom stereocenters. The van der Waals surface area contributed by atoms with Gasteiger partial charge >= 0.3 is 0 Å². The molecule has 0 aromatic rings.